The first-order chi connectivity index (χ1) is 14.2. The third kappa shape index (κ3) is 21.7. The fourth-order valence-corrected chi connectivity index (χ4v) is 4.09. The molecule has 0 aliphatic carbocycles. The molecule has 0 heterocycles. The molecule has 0 fully saturated rings. The van der Waals surface area contributed by atoms with Crippen molar-refractivity contribution in [3.05, 3.63) is 12.2 Å². The highest BCUT2D eigenvalue weighted by Gasteiger charge is 2.15. The lowest BCUT2D eigenvalue weighted by Crippen LogP contribution is -2.13. The molecule has 29 heavy (non-hydrogen) atoms. The predicted molar refractivity (Wildman–Crippen MR) is 129 cm³/mol. The van der Waals surface area contributed by atoms with Crippen LogP contribution in [0.1, 0.15) is 149 Å². The van der Waals surface area contributed by atoms with Crippen LogP contribution < -0.4 is 0 Å². The van der Waals surface area contributed by atoms with Crippen LogP contribution in [0.5, 0.6) is 0 Å². The molecule has 0 aliphatic rings. The summed E-state index contributed by atoms with van der Waals surface area (Å²) in [4.78, 5) is 11.1. The molecular weight excluding hydrogens is 356 g/mol. The molecule has 1 N–H and O–H groups in total. The Labute approximate surface area is 182 Å². The number of carboxylic acids is 1. The molecule has 172 valence electrons. The smallest absolute Gasteiger partial charge is 0.306 e. The zero-order valence-corrected chi connectivity index (χ0v) is 19.9. The minimum absolute atomic E-state index is 0.106. The van der Waals surface area contributed by atoms with E-state index in [9.17, 15) is 4.79 Å². The number of carbonyl (C=O) groups is 1. The van der Waals surface area contributed by atoms with Gasteiger partial charge in [-0.1, -0.05) is 122 Å². The average molecular weight is 409 g/mol. The molecule has 0 saturated carbocycles. The summed E-state index contributed by atoms with van der Waals surface area (Å²) in [5.41, 5.74) is 0. The van der Waals surface area contributed by atoms with Crippen LogP contribution in [0, 0.1) is 5.92 Å². The van der Waals surface area contributed by atoms with Crippen LogP contribution in [0.2, 0.25) is 0 Å². The van der Waals surface area contributed by atoms with Crippen molar-refractivity contribution in [3.63, 3.8) is 0 Å². The highest BCUT2D eigenvalue weighted by atomic mass is 16.4. The Morgan fingerprint density at radius 3 is 1.41 bits per heavy atom. The molecule has 0 saturated heterocycles. The second-order valence-electron chi connectivity index (χ2n) is 8.96. The quantitative estimate of drug-likeness (QED) is 0.135. The topological polar surface area (TPSA) is 37.3 Å². The van der Waals surface area contributed by atoms with Crippen molar-refractivity contribution in [2.75, 3.05) is 0 Å². The summed E-state index contributed by atoms with van der Waals surface area (Å²) >= 11 is 0. The van der Waals surface area contributed by atoms with Gasteiger partial charge in [0, 0.05) is 0 Å². The summed E-state index contributed by atoms with van der Waals surface area (Å²) in [7, 11) is 0. The third-order valence-corrected chi connectivity index (χ3v) is 6.05. The second kappa shape index (κ2) is 23.5. The van der Waals surface area contributed by atoms with Crippen LogP contribution >= 0.6 is 0 Å². The van der Waals surface area contributed by atoms with Gasteiger partial charge in [-0.05, 0) is 38.5 Å². The first-order valence-corrected chi connectivity index (χ1v) is 13.1. The molecule has 2 heteroatoms. The van der Waals surface area contributed by atoms with Crippen LogP contribution in [0.3, 0.4) is 0 Å². The van der Waals surface area contributed by atoms with Gasteiger partial charge in [0.05, 0.1) is 5.92 Å². The molecule has 0 aromatic heterocycles. The van der Waals surface area contributed by atoms with Crippen molar-refractivity contribution in [2.24, 2.45) is 5.92 Å². The van der Waals surface area contributed by atoms with E-state index in [1.165, 1.54) is 109 Å². The minimum atomic E-state index is -0.597. The molecule has 0 bridgehead atoms. The average Bonchev–Trinajstić information content (AvgIpc) is 2.71. The molecule has 0 amide bonds. The first-order valence-electron chi connectivity index (χ1n) is 13.1. The molecule has 0 aromatic carbocycles. The van der Waals surface area contributed by atoms with Crippen molar-refractivity contribution in [1.82, 2.24) is 0 Å². The van der Waals surface area contributed by atoms with Gasteiger partial charge in [0.2, 0.25) is 0 Å². The van der Waals surface area contributed by atoms with Gasteiger partial charge >= 0.3 is 5.97 Å². The van der Waals surface area contributed by atoms with Crippen molar-refractivity contribution < 1.29 is 9.90 Å². The van der Waals surface area contributed by atoms with E-state index in [4.69, 9.17) is 5.11 Å². The number of carboxylic acid groups (broad SMARTS) is 1. The SMILES string of the molecule is CCCCCCCC/C=C\CCCCCCCCCCCCC(CCC)C(=O)O. The van der Waals surface area contributed by atoms with Gasteiger partial charge < -0.3 is 5.11 Å². The van der Waals surface area contributed by atoms with Crippen molar-refractivity contribution >= 4 is 5.97 Å². The first kappa shape index (κ1) is 28.2. The van der Waals surface area contributed by atoms with Crippen LogP contribution in [0.4, 0.5) is 0 Å². The number of aliphatic carboxylic acids is 1. The van der Waals surface area contributed by atoms with E-state index in [0.29, 0.717) is 0 Å². The zero-order valence-electron chi connectivity index (χ0n) is 19.9. The maximum Gasteiger partial charge on any atom is 0.306 e. The molecule has 2 nitrogen and oxygen atoms in total. The normalized spacial score (nSPS) is 12.6. The number of allylic oxidation sites excluding steroid dienone is 2. The third-order valence-electron chi connectivity index (χ3n) is 6.05. The minimum Gasteiger partial charge on any atom is -0.481 e. The lowest BCUT2D eigenvalue weighted by atomic mass is 9.96. The Kier molecular flexibility index (Phi) is 22.8. The molecule has 1 unspecified atom stereocenters. The summed E-state index contributed by atoms with van der Waals surface area (Å²) in [5.74, 6) is -0.703. The fourth-order valence-electron chi connectivity index (χ4n) is 4.09. The Morgan fingerprint density at radius 2 is 1.00 bits per heavy atom. The molecule has 0 rings (SSSR count). The van der Waals surface area contributed by atoms with Crippen LogP contribution in [-0.4, -0.2) is 11.1 Å². The number of rotatable bonds is 23. The largest absolute Gasteiger partial charge is 0.481 e. The molecule has 0 aliphatic heterocycles. The Balaban J connectivity index is 3.22. The van der Waals surface area contributed by atoms with E-state index in [0.717, 1.165) is 25.7 Å². The van der Waals surface area contributed by atoms with E-state index >= 15 is 0 Å². The van der Waals surface area contributed by atoms with E-state index in [2.05, 4.69) is 26.0 Å². The van der Waals surface area contributed by atoms with Gasteiger partial charge in [0.1, 0.15) is 0 Å². The summed E-state index contributed by atoms with van der Waals surface area (Å²) in [6.07, 6.45) is 31.6. The maximum atomic E-state index is 11.1. The van der Waals surface area contributed by atoms with Gasteiger partial charge in [-0.2, -0.15) is 0 Å². The highest BCUT2D eigenvalue weighted by molar-refractivity contribution is 5.69. The van der Waals surface area contributed by atoms with Crippen molar-refractivity contribution in [1.29, 1.82) is 0 Å². The van der Waals surface area contributed by atoms with E-state index in [-0.39, 0.29) is 5.92 Å². The van der Waals surface area contributed by atoms with Crippen LogP contribution in [0.25, 0.3) is 0 Å². The predicted octanol–water partition coefficient (Wildman–Crippen LogP) is 9.48. The summed E-state index contributed by atoms with van der Waals surface area (Å²) in [5, 5.41) is 9.16. The monoisotopic (exact) mass is 408 g/mol. The number of unbranched alkanes of at least 4 members (excludes halogenated alkanes) is 16. The van der Waals surface area contributed by atoms with Crippen molar-refractivity contribution in [2.45, 2.75) is 149 Å². The number of hydrogen-bond acceptors (Lipinski definition) is 1. The van der Waals surface area contributed by atoms with Gasteiger partial charge in [0.25, 0.3) is 0 Å². The van der Waals surface area contributed by atoms with Crippen LogP contribution in [-0.2, 0) is 4.79 Å². The summed E-state index contributed by atoms with van der Waals surface area (Å²) in [6.45, 7) is 4.35. The molecule has 0 spiro atoms. The molecule has 0 radical (unpaired) electrons. The second-order valence-corrected chi connectivity index (χ2v) is 8.96. The van der Waals surface area contributed by atoms with Gasteiger partial charge in [-0.3, -0.25) is 4.79 Å². The maximum absolute atomic E-state index is 11.1. The Bertz CT molecular complexity index is 362. The van der Waals surface area contributed by atoms with Gasteiger partial charge in [-0.25, -0.2) is 0 Å². The lowest BCUT2D eigenvalue weighted by molar-refractivity contribution is -0.142. The molecule has 1 atom stereocenters. The summed E-state index contributed by atoms with van der Waals surface area (Å²) < 4.78 is 0. The fraction of sp³-hybridized carbons (Fsp3) is 0.889. The lowest BCUT2D eigenvalue weighted by Gasteiger charge is -2.10. The van der Waals surface area contributed by atoms with Gasteiger partial charge in [-0.15, -0.1) is 0 Å². The summed E-state index contributed by atoms with van der Waals surface area (Å²) in [6, 6.07) is 0. The van der Waals surface area contributed by atoms with E-state index in [1.807, 2.05) is 0 Å². The molecule has 0 aromatic rings. The van der Waals surface area contributed by atoms with Crippen molar-refractivity contribution in [3.8, 4) is 0 Å². The zero-order chi connectivity index (χ0) is 21.4. The van der Waals surface area contributed by atoms with E-state index < -0.39 is 5.97 Å². The number of hydrogen-bond donors (Lipinski definition) is 1. The Morgan fingerprint density at radius 1 is 0.586 bits per heavy atom. The van der Waals surface area contributed by atoms with Gasteiger partial charge in [0.15, 0.2) is 0 Å². The molecular formula is C27H52O2. The Hall–Kier alpha value is -0.790. The van der Waals surface area contributed by atoms with Crippen LogP contribution in [0.15, 0.2) is 12.2 Å². The van der Waals surface area contributed by atoms with E-state index in [1.54, 1.807) is 0 Å². The standard InChI is InChI=1S/C27H52O2/c1-3-5-6-7-8-9-10-11-12-13-14-15-16-17-18-19-20-21-22-23-25-26(24-4-2)27(28)29/h11-12,26H,3-10,13-25H2,1-2H3,(H,28,29)/b12-11-. The highest BCUT2D eigenvalue weighted by Crippen LogP contribution is 2.17.